The summed E-state index contributed by atoms with van der Waals surface area (Å²) in [4.78, 5) is 39.0. The molecule has 0 spiro atoms. The average Bonchev–Trinajstić information content (AvgIpc) is 2.76. The number of hydrogen-bond donors (Lipinski definition) is 1. The van der Waals surface area contributed by atoms with Crippen LogP contribution in [0.3, 0.4) is 0 Å². The van der Waals surface area contributed by atoms with Crippen LogP contribution in [0.5, 0.6) is 5.75 Å². The molecule has 3 aromatic rings. The molecule has 35 heavy (non-hydrogen) atoms. The van der Waals surface area contributed by atoms with Gasteiger partial charge in [0.25, 0.3) is 11.8 Å². The molecule has 0 aromatic heterocycles. The van der Waals surface area contributed by atoms with Crippen LogP contribution >= 0.6 is 23.2 Å². The predicted molar refractivity (Wildman–Crippen MR) is 132 cm³/mol. The molecule has 6 nitrogen and oxygen atoms in total. The zero-order valence-corrected chi connectivity index (χ0v) is 20.2. The van der Waals surface area contributed by atoms with Gasteiger partial charge in [-0.1, -0.05) is 47.5 Å². The van der Waals surface area contributed by atoms with Crippen molar-refractivity contribution in [3.05, 3.63) is 98.3 Å². The molecule has 1 heterocycles. The summed E-state index contributed by atoms with van der Waals surface area (Å²) in [5.74, 6) is -1.92. The molecule has 0 unspecified atom stereocenters. The molecule has 0 radical (unpaired) electrons. The number of aryl methyl sites for hydroxylation is 2. The third-order valence-electron chi connectivity index (χ3n) is 5.23. The molecule has 178 valence electrons. The highest BCUT2D eigenvalue weighted by Crippen LogP contribution is 2.36. The van der Waals surface area contributed by atoms with Gasteiger partial charge in [-0.05, 0) is 66.9 Å². The Balaban J connectivity index is 1.63. The van der Waals surface area contributed by atoms with E-state index in [0.717, 1.165) is 16.0 Å². The number of nitrogens with zero attached hydrogens (tertiary/aromatic N) is 1. The summed E-state index contributed by atoms with van der Waals surface area (Å²) in [5, 5.41) is 2.39. The Labute approximate surface area is 210 Å². The highest BCUT2D eigenvalue weighted by atomic mass is 35.5. The number of amides is 4. The van der Waals surface area contributed by atoms with E-state index in [2.05, 4.69) is 5.32 Å². The van der Waals surface area contributed by atoms with Crippen molar-refractivity contribution in [1.29, 1.82) is 0 Å². The lowest BCUT2D eigenvalue weighted by Gasteiger charge is -2.27. The lowest BCUT2D eigenvalue weighted by molar-refractivity contribution is -0.122. The normalized spacial score (nSPS) is 14.9. The van der Waals surface area contributed by atoms with Crippen LogP contribution in [-0.4, -0.2) is 17.8 Å². The Hall–Kier alpha value is -3.68. The van der Waals surface area contributed by atoms with Crippen molar-refractivity contribution in [2.24, 2.45) is 0 Å². The number of nitrogens with one attached hydrogen (secondary N) is 1. The molecule has 0 atom stereocenters. The maximum atomic E-state index is 13.9. The first-order valence-electron chi connectivity index (χ1n) is 10.5. The van der Waals surface area contributed by atoms with Crippen LogP contribution in [0, 0.1) is 19.7 Å². The van der Waals surface area contributed by atoms with Gasteiger partial charge in [0.15, 0.2) is 5.75 Å². The van der Waals surface area contributed by atoms with Crippen molar-refractivity contribution in [3.63, 3.8) is 0 Å². The zero-order valence-electron chi connectivity index (χ0n) is 18.7. The van der Waals surface area contributed by atoms with Gasteiger partial charge in [-0.15, -0.1) is 0 Å². The molecule has 0 aliphatic carbocycles. The number of halogens is 3. The van der Waals surface area contributed by atoms with E-state index >= 15 is 0 Å². The van der Waals surface area contributed by atoms with E-state index in [0.29, 0.717) is 16.8 Å². The second kappa shape index (κ2) is 9.90. The van der Waals surface area contributed by atoms with Gasteiger partial charge >= 0.3 is 6.03 Å². The number of urea groups is 1. The Morgan fingerprint density at radius 1 is 0.971 bits per heavy atom. The van der Waals surface area contributed by atoms with Crippen LogP contribution in [0.25, 0.3) is 6.08 Å². The summed E-state index contributed by atoms with van der Waals surface area (Å²) in [6.07, 6.45) is 1.29. The van der Waals surface area contributed by atoms with Gasteiger partial charge in [-0.2, -0.15) is 0 Å². The molecule has 0 saturated carbocycles. The number of carbonyl (C=O) groups excluding carboxylic acids is 3. The number of ether oxygens (including phenoxy) is 1. The van der Waals surface area contributed by atoms with Crippen molar-refractivity contribution in [3.8, 4) is 5.75 Å². The van der Waals surface area contributed by atoms with Gasteiger partial charge in [-0.3, -0.25) is 14.9 Å². The number of carbonyl (C=O) groups is 3. The van der Waals surface area contributed by atoms with Gasteiger partial charge in [0, 0.05) is 5.56 Å². The van der Waals surface area contributed by atoms with Crippen LogP contribution in [0.15, 0.2) is 60.2 Å². The van der Waals surface area contributed by atoms with Crippen molar-refractivity contribution in [2.75, 3.05) is 4.90 Å². The monoisotopic (exact) mass is 512 g/mol. The fourth-order valence-electron chi connectivity index (χ4n) is 3.70. The topological polar surface area (TPSA) is 75.7 Å². The fraction of sp³-hybridized carbons (Fsp3) is 0.115. The highest BCUT2D eigenvalue weighted by molar-refractivity contribution is 6.40. The largest absolute Gasteiger partial charge is 0.486 e. The number of hydrogen-bond acceptors (Lipinski definition) is 4. The van der Waals surface area contributed by atoms with Gasteiger partial charge in [-0.25, -0.2) is 14.1 Å². The van der Waals surface area contributed by atoms with E-state index in [-0.39, 0.29) is 28.0 Å². The maximum absolute atomic E-state index is 13.9. The van der Waals surface area contributed by atoms with Gasteiger partial charge in [0.2, 0.25) is 0 Å². The van der Waals surface area contributed by atoms with E-state index < -0.39 is 23.7 Å². The molecule has 1 saturated heterocycles. The van der Waals surface area contributed by atoms with Gasteiger partial charge < -0.3 is 4.74 Å². The summed E-state index contributed by atoms with van der Waals surface area (Å²) in [6.45, 7) is 3.58. The number of rotatable bonds is 5. The first kappa shape index (κ1) is 24.4. The molecular weight excluding hydrogens is 494 g/mol. The van der Waals surface area contributed by atoms with Crippen LogP contribution in [-0.2, 0) is 16.2 Å². The number of anilines is 1. The first-order valence-corrected chi connectivity index (χ1v) is 11.2. The van der Waals surface area contributed by atoms with Gasteiger partial charge in [0.1, 0.15) is 18.0 Å². The molecule has 1 fully saturated rings. The van der Waals surface area contributed by atoms with Crippen LogP contribution < -0.4 is 15.0 Å². The molecule has 9 heteroatoms. The minimum atomic E-state index is -0.840. The van der Waals surface area contributed by atoms with Crippen molar-refractivity contribution in [2.45, 2.75) is 20.5 Å². The Morgan fingerprint density at radius 2 is 1.60 bits per heavy atom. The molecule has 0 bridgehead atoms. The van der Waals surface area contributed by atoms with E-state index in [1.165, 1.54) is 24.3 Å². The molecule has 4 rings (SSSR count). The second-order valence-corrected chi connectivity index (χ2v) is 8.81. The predicted octanol–water partition coefficient (Wildman–Crippen LogP) is 5.99. The van der Waals surface area contributed by atoms with Crippen LogP contribution in [0.4, 0.5) is 14.9 Å². The van der Waals surface area contributed by atoms with Crippen molar-refractivity contribution >= 4 is 52.8 Å². The SMILES string of the molecule is Cc1cc(C)cc(N2C(=O)NC(=O)/C(=C\c3cc(Cl)c(OCc4ccccc4F)c(Cl)c3)C2=O)c1. The van der Waals surface area contributed by atoms with Crippen molar-refractivity contribution in [1.82, 2.24) is 5.32 Å². The molecule has 1 aliphatic rings. The molecule has 1 aliphatic heterocycles. The maximum Gasteiger partial charge on any atom is 0.335 e. The summed E-state index contributed by atoms with van der Waals surface area (Å²) in [6, 6.07) is 13.5. The van der Waals surface area contributed by atoms with E-state index in [1.54, 1.807) is 30.3 Å². The standard InChI is InChI=1S/C26H19Cl2FN2O4/c1-14-7-15(2)9-18(8-14)31-25(33)19(24(32)30-26(31)34)10-16-11-20(27)23(21(28)12-16)35-13-17-5-3-4-6-22(17)29/h3-12H,13H2,1-2H3,(H,30,32,34)/b19-10+. The van der Waals surface area contributed by atoms with E-state index in [4.69, 9.17) is 27.9 Å². The molecule has 3 aromatic carbocycles. The third-order valence-corrected chi connectivity index (χ3v) is 5.79. The molecule has 4 amide bonds. The van der Waals surface area contributed by atoms with Crippen molar-refractivity contribution < 1.29 is 23.5 Å². The summed E-state index contributed by atoms with van der Waals surface area (Å²) < 4.78 is 19.5. The quantitative estimate of drug-likeness (QED) is 0.336. The zero-order chi connectivity index (χ0) is 25.3. The van der Waals surface area contributed by atoms with Crippen LogP contribution in [0.1, 0.15) is 22.3 Å². The number of imide groups is 2. The Morgan fingerprint density at radius 3 is 2.23 bits per heavy atom. The first-order chi connectivity index (χ1) is 16.6. The second-order valence-electron chi connectivity index (χ2n) is 8.00. The van der Waals surface area contributed by atoms with E-state index in [1.807, 2.05) is 19.9 Å². The summed E-state index contributed by atoms with van der Waals surface area (Å²) >= 11 is 12.7. The molecule has 1 N–H and O–H groups in total. The number of barbiturate groups is 1. The third kappa shape index (κ3) is 5.21. The minimum absolute atomic E-state index is 0.0968. The molecular formula is C26H19Cl2FN2O4. The lowest BCUT2D eigenvalue weighted by Crippen LogP contribution is -2.54. The smallest absolute Gasteiger partial charge is 0.335 e. The average molecular weight is 513 g/mol. The van der Waals surface area contributed by atoms with Crippen LogP contribution in [0.2, 0.25) is 10.0 Å². The summed E-state index contributed by atoms with van der Waals surface area (Å²) in [7, 11) is 0. The van der Waals surface area contributed by atoms with Gasteiger partial charge in [0.05, 0.1) is 15.7 Å². The Kier molecular flexibility index (Phi) is 6.91. The lowest BCUT2D eigenvalue weighted by atomic mass is 10.1. The van der Waals surface area contributed by atoms with E-state index in [9.17, 15) is 18.8 Å². The Bertz CT molecular complexity index is 1360. The fourth-order valence-corrected chi connectivity index (χ4v) is 4.32. The highest BCUT2D eigenvalue weighted by Gasteiger charge is 2.37. The summed E-state index contributed by atoms with van der Waals surface area (Å²) in [5.41, 5.74) is 2.45. The minimum Gasteiger partial charge on any atom is -0.486 e. The number of benzene rings is 3.